The summed E-state index contributed by atoms with van der Waals surface area (Å²) in [6, 6.07) is 7.11. The van der Waals surface area contributed by atoms with Crippen molar-refractivity contribution in [3.05, 3.63) is 29.8 Å². The van der Waals surface area contributed by atoms with Crippen LogP contribution < -0.4 is 11.5 Å². The molecule has 0 bridgehead atoms. The van der Waals surface area contributed by atoms with Crippen LogP contribution in [0.4, 0.5) is 5.69 Å². The highest BCUT2D eigenvalue weighted by molar-refractivity contribution is 5.83. The SMILES string of the molecule is CCOC(=O)C(C)(CN)c1ccc(N)cc1. The fraction of sp³-hybridized carbons (Fsp3) is 0.417. The Morgan fingerprint density at radius 2 is 1.94 bits per heavy atom. The van der Waals surface area contributed by atoms with Crippen molar-refractivity contribution in [2.75, 3.05) is 18.9 Å². The van der Waals surface area contributed by atoms with Crippen molar-refractivity contribution < 1.29 is 9.53 Å². The molecule has 1 atom stereocenters. The van der Waals surface area contributed by atoms with Gasteiger partial charge in [-0.15, -0.1) is 0 Å². The number of rotatable bonds is 4. The van der Waals surface area contributed by atoms with Crippen molar-refractivity contribution >= 4 is 11.7 Å². The van der Waals surface area contributed by atoms with E-state index in [1.165, 1.54) is 0 Å². The smallest absolute Gasteiger partial charge is 0.317 e. The van der Waals surface area contributed by atoms with Gasteiger partial charge in [-0.1, -0.05) is 12.1 Å². The van der Waals surface area contributed by atoms with E-state index in [9.17, 15) is 4.79 Å². The minimum Gasteiger partial charge on any atom is -0.465 e. The van der Waals surface area contributed by atoms with Gasteiger partial charge in [0.1, 0.15) is 5.41 Å². The first-order chi connectivity index (χ1) is 7.54. The summed E-state index contributed by atoms with van der Waals surface area (Å²) in [6.07, 6.45) is 0. The van der Waals surface area contributed by atoms with E-state index < -0.39 is 5.41 Å². The zero-order chi connectivity index (χ0) is 12.2. The third-order valence-electron chi connectivity index (χ3n) is 2.68. The van der Waals surface area contributed by atoms with Crippen molar-refractivity contribution in [3.8, 4) is 0 Å². The Hall–Kier alpha value is -1.55. The van der Waals surface area contributed by atoms with Crippen molar-refractivity contribution in [2.24, 2.45) is 5.73 Å². The van der Waals surface area contributed by atoms with Crippen LogP contribution in [0.1, 0.15) is 19.4 Å². The molecule has 0 amide bonds. The van der Waals surface area contributed by atoms with Gasteiger partial charge in [0.15, 0.2) is 0 Å². The van der Waals surface area contributed by atoms with E-state index in [4.69, 9.17) is 16.2 Å². The second kappa shape index (κ2) is 4.99. The molecule has 1 aromatic rings. The van der Waals surface area contributed by atoms with Gasteiger partial charge in [-0.25, -0.2) is 0 Å². The number of esters is 1. The Morgan fingerprint density at radius 1 is 1.38 bits per heavy atom. The number of nitrogen functional groups attached to an aromatic ring is 1. The quantitative estimate of drug-likeness (QED) is 0.589. The van der Waals surface area contributed by atoms with E-state index in [1.807, 2.05) is 0 Å². The zero-order valence-electron chi connectivity index (χ0n) is 9.69. The molecule has 1 rings (SSSR count). The lowest BCUT2D eigenvalue weighted by atomic mass is 9.82. The highest BCUT2D eigenvalue weighted by atomic mass is 16.5. The van der Waals surface area contributed by atoms with Crippen molar-refractivity contribution in [1.82, 2.24) is 0 Å². The van der Waals surface area contributed by atoms with Gasteiger partial charge in [0.2, 0.25) is 0 Å². The first-order valence-corrected chi connectivity index (χ1v) is 5.28. The maximum atomic E-state index is 11.8. The van der Waals surface area contributed by atoms with Crippen LogP contribution in [0.15, 0.2) is 24.3 Å². The summed E-state index contributed by atoms with van der Waals surface area (Å²) in [4.78, 5) is 11.8. The van der Waals surface area contributed by atoms with Gasteiger partial charge in [-0.2, -0.15) is 0 Å². The van der Waals surface area contributed by atoms with Gasteiger partial charge in [-0.3, -0.25) is 4.79 Å². The van der Waals surface area contributed by atoms with Crippen molar-refractivity contribution in [2.45, 2.75) is 19.3 Å². The van der Waals surface area contributed by atoms with E-state index in [1.54, 1.807) is 38.1 Å². The average molecular weight is 222 g/mol. The van der Waals surface area contributed by atoms with Crippen LogP contribution in [0.25, 0.3) is 0 Å². The molecule has 0 saturated carbocycles. The summed E-state index contributed by atoms with van der Waals surface area (Å²) in [7, 11) is 0. The highest BCUT2D eigenvalue weighted by Gasteiger charge is 2.35. The second-order valence-corrected chi connectivity index (χ2v) is 3.88. The van der Waals surface area contributed by atoms with E-state index >= 15 is 0 Å². The topological polar surface area (TPSA) is 78.3 Å². The zero-order valence-corrected chi connectivity index (χ0v) is 9.69. The Balaban J connectivity index is 3.04. The lowest BCUT2D eigenvalue weighted by Gasteiger charge is -2.26. The molecule has 0 radical (unpaired) electrons. The summed E-state index contributed by atoms with van der Waals surface area (Å²) in [5.41, 5.74) is 12.0. The molecular formula is C12H18N2O2. The summed E-state index contributed by atoms with van der Waals surface area (Å²) >= 11 is 0. The third-order valence-corrected chi connectivity index (χ3v) is 2.68. The lowest BCUT2D eigenvalue weighted by molar-refractivity contribution is -0.149. The number of benzene rings is 1. The average Bonchev–Trinajstić information content (AvgIpc) is 2.29. The molecule has 0 aliphatic rings. The van der Waals surface area contributed by atoms with Crippen LogP contribution in [-0.4, -0.2) is 19.1 Å². The number of anilines is 1. The second-order valence-electron chi connectivity index (χ2n) is 3.88. The molecule has 0 saturated heterocycles. The predicted octanol–water partition coefficient (Wildman–Crippen LogP) is 1.05. The van der Waals surface area contributed by atoms with Crippen LogP contribution >= 0.6 is 0 Å². The molecule has 0 fully saturated rings. The Morgan fingerprint density at radius 3 is 2.38 bits per heavy atom. The van der Waals surface area contributed by atoms with Crippen LogP contribution in [0, 0.1) is 0 Å². The van der Waals surface area contributed by atoms with Crippen LogP contribution in [0.2, 0.25) is 0 Å². The number of nitrogens with two attached hydrogens (primary N) is 2. The number of carbonyl (C=O) groups is 1. The molecule has 4 nitrogen and oxygen atoms in total. The Bertz CT molecular complexity index is 362. The summed E-state index contributed by atoms with van der Waals surface area (Å²) in [6.45, 7) is 4.10. The minimum absolute atomic E-state index is 0.204. The Labute approximate surface area is 95.6 Å². The van der Waals surface area contributed by atoms with Crippen molar-refractivity contribution in [3.63, 3.8) is 0 Å². The number of hydrogen-bond acceptors (Lipinski definition) is 4. The highest BCUT2D eigenvalue weighted by Crippen LogP contribution is 2.25. The van der Waals surface area contributed by atoms with Gasteiger partial charge in [0.25, 0.3) is 0 Å². The molecule has 4 heteroatoms. The molecule has 0 aromatic heterocycles. The molecular weight excluding hydrogens is 204 g/mol. The summed E-state index contributed by atoms with van der Waals surface area (Å²) in [5, 5.41) is 0. The van der Waals surface area contributed by atoms with E-state index in [-0.39, 0.29) is 12.5 Å². The van der Waals surface area contributed by atoms with Crippen LogP contribution in [-0.2, 0) is 14.9 Å². The molecule has 1 aromatic carbocycles. The third kappa shape index (κ3) is 2.33. The van der Waals surface area contributed by atoms with Crippen LogP contribution in [0.5, 0.6) is 0 Å². The summed E-state index contributed by atoms with van der Waals surface area (Å²) < 4.78 is 5.03. The maximum absolute atomic E-state index is 11.8. The molecule has 4 N–H and O–H groups in total. The molecule has 0 spiro atoms. The normalized spacial score (nSPS) is 14.2. The molecule has 88 valence electrons. The van der Waals surface area contributed by atoms with E-state index in [0.717, 1.165) is 5.56 Å². The molecule has 0 aliphatic heterocycles. The van der Waals surface area contributed by atoms with Gasteiger partial charge in [-0.05, 0) is 31.5 Å². The number of hydrogen-bond donors (Lipinski definition) is 2. The van der Waals surface area contributed by atoms with Crippen molar-refractivity contribution in [1.29, 1.82) is 0 Å². The van der Waals surface area contributed by atoms with Gasteiger partial charge in [0.05, 0.1) is 6.61 Å². The van der Waals surface area contributed by atoms with Crippen LogP contribution in [0.3, 0.4) is 0 Å². The van der Waals surface area contributed by atoms with E-state index in [0.29, 0.717) is 12.3 Å². The monoisotopic (exact) mass is 222 g/mol. The first-order valence-electron chi connectivity index (χ1n) is 5.28. The largest absolute Gasteiger partial charge is 0.465 e. The fourth-order valence-corrected chi connectivity index (χ4v) is 1.46. The molecule has 1 unspecified atom stereocenters. The lowest BCUT2D eigenvalue weighted by Crippen LogP contribution is -2.41. The van der Waals surface area contributed by atoms with Gasteiger partial charge < -0.3 is 16.2 Å². The van der Waals surface area contributed by atoms with Gasteiger partial charge in [0, 0.05) is 12.2 Å². The predicted molar refractivity (Wildman–Crippen MR) is 63.9 cm³/mol. The number of carbonyl (C=O) groups excluding carboxylic acids is 1. The first kappa shape index (κ1) is 12.5. The fourth-order valence-electron chi connectivity index (χ4n) is 1.46. The molecule has 0 aliphatic carbocycles. The molecule has 16 heavy (non-hydrogen) atoms. The Kier molecular flexibility index (Phi) is 3.90. The maximum Gasteiger partial charge on any atom is 0.317 e. The standard InChI is InChI=1S/C12H18N2O2/c1-3-16-11(15)12(2,8-13)9-4-6-10(14)7-5-9/h4-7H,3,8,13-14H2,1-2H3. The summed E-state index contributed by atoms with van der Waals surface area (Å²) in [5.74, 6) is -0.303. The minimum atomic E-state index is -0.802. The molecule has 0 heterocycles. The number of ether oxygens (including phenoxy) is 1. The van der Waals surface area contributed by atoms with E-state index in [2.05, 4.69) is 0 Å². The van der Waals surface area contributed by atoms with Gasteiger partial charge >= 0.3 is 5.97 Å².